The van der Waals surface area contributed by atoms with E-state index in [1.165, 1.54) is 0 Å². The Kier molecular flexibility index (Phi) is 4.78. The quantitative estimate of drug-likeness (QED) is 0.493. The zero-order valence-corrected chi connectivity index (χ0v) is 8.66. The Labute approximate surface area is 92.8 Å². The Morgan fingerprint density at radius 2 is 2.25 bits per heavy atom. The summed E-state index contributed by atoms with van der Waals surface area (Å²) in [4.78, 5) is 32.5. The van der Waals surface area contributed by atoms with Crippen molar-refractivity contribution in [3.63, 3.8) is 0 Å². The molecule has 0 aromatic rings. The fourth-order valence-corrected chi connectivity index (χ4v) is 1.09. The topological polar surface area (TPSA) is 87.3 Å². The maximum Gasteiger partial charge on any atom is 0.267 e. The van der Waals surface area contributed by atoms with Gasteiger partial charge in [-0.25, -0.2) is 0 Å². The van der Waals surface area contributed by atoms with Crippen LogP contribution in [-0.4, -0.2) is 37.7 Å². The van der Waals surface area contributed by atoms with Gasteiger partial charge in [0.1, 0.15) is 12.0 Å². The van der Waals surface area contributed by atoms with Gasteiger partial charge in [0.15, 0.2) is 0 Å². The molecule has 16 heavy (non-hydrogen) atoms. The first-order chi connectivity index (χ1) is 7.74. The summed E-state index contributed by atoms with van der Waals surface area (Å²) in [6.45, 7) is 0.407. The molecule has 1 aliphatic heterocycles. The minimum absolute atomic E-state index is 0.0433. The second-order valence-corrected chi connectivity index (χ2v) is 3.04. The van der Waals surface area contributed by atoms with Crippen molar-refractivity contribution in [3.05, 3.63) is 23.9 Å². The second kappa shape index (κ2) is 6.39. The molecule has 0 aromatic heterocycles. The summed E-state index contributed by atoms with van der Waals surface area (Å²) in [7, 11) is 0. The number of hydrogen-bond donors (Lipinski definition) is 3. The van der Waals surface area contributed by atoms with Crippen molar-refractivity contribution in [2.24, 2.45) is 0 Å². The van der Waals surface area contributed by atoms with Gasteiger partial charge in [-0.05, 0) is 6.08 Å². The lowest BCUT2D eigenvalue weighted by Gasteiger charge is -2.11. The fraction of sp³-hybridized carbons (Fsp3) is 0.300. The molecule has 0 radical (unpaired) electrons. The van der Waals surface area contributed by atoms with E-state index in [9.17, 15) is 14.4 Å². The summed E-state index contributed by atoms with van der Waals surface area (Å²) in [5, 5.41) is 7.60. The van der Waals surface area contributed by atoms with Crippen LogP contribution in [0.4, 0.5) is 0 Å². The Hall–Kier alpha value is -2.11. The van der Waals surface area contributed by atoms with Crippen molar-refractivity contribution in [1.29, 1.82) is 0 Å². The first kappa shape index (κ1) is 12.0. The number of carbonyl (C=O) groups excluding carboxylic acids is 3. The standard InChI is InChI=1S/C10H13N3O3/c14-6-5-12-9(15)7-13-10(16)8-3-1-2-4-11-8/h1-3,6,11H,4-5,7H2,(H,12,15)(H,13,16). The van der Waals surface area contributed by atoms with E-state index in [2.05, 4.69) is 16.0 Å². The van der Waals surface area contributed by atoms with Crippen molar-refractivity contribution < 1.29 is 14.4 Å². The van der Waals surface area contributed by atoms with Crippen LogP contribution in [0.25, 0.3) is 0 Å². The molecule has 0 fully saturated rings. The summed E-state index contributed by atoms with van der Waals surface area (Å²) >= 11 is 0. The highest BCUT2D eigenvalue weighted by molar-refractivity contribution is 5.95. The number of allylic oxidation sites excluding steroid dienone is 2. The molecule has 0 aromatic carbocycles. The summed E-state index contributed by atoms with van der Waals surface area (Å²) in [5.74, 6) is -0.738. The first-order valence-electron chi connectivity index (χ1n) is 4.83. The molecule has 0 aliphatic carbocycles. The lowest BCUT2D eigenvalue weighted by molar-refractivity contribution is -0.125. The third-order valence-corrected chi connectivity index (χ3v) is 1.85. The van der Waals surface area contributed by atoms with Gasteiger partial charge in [0.2, 0.25) is 5.91 Å². The van der Waals surface area contributed by atoms with Crippen LogP contribution >= 0.6 is 0 Å². The molecular weight excluding hydrogens is 210 g/mol. The van der Waals surface area contributed by atoms with E-state index < -0.39 is 5.91 Å². The number of hydrogen-bond acceptors (Lipinski definition) is 4. The van der Waals surface area contributed by atoms with Crippen LogP contribution in [-0.2, 0) is 14.4 Å². The third-order valence-electron chi connectivity index (χ3n) is 1.85. The van der Waals surface area contributed by atoms with Crippen molar-refractivity contribution in [2.75, 3.05) is 19.6 Å². The van der Waals surface area contributed by atoms with E-state index in [0.29, 0.717) is 18.5 Å². The van der Waals surface area contributed by atoms with Gasteiger partial charge in [-0.2, -0.15) is 0 Å². The number of amides is 2. The van der Waals surface area contributed by atoms with E-state index in [4.69, 9.17) is 0 Å². The number of nitrogens with one attached hydrogen (secondary N) is 3. The predicted octanol–water partition coefficient (Wildman–Crippen LogP) is -1.54. The lowest BCUT2D eigenvalue weighted by Crippen LogP contribution is -2.40. The Balaban J connectivity index is 2.29. The Morgan fingerprint density at radius 3 is 2.88 bits per heavy atom. The zero-order valence-electron chi connectivity index (χ0n) is 8.66. The number of rotatable bonds is 5. The van der Waals surface area contributed by atoms with Gasteiger partial charge in [-0.3, -0.25) is 9.59 Å². The van der Waals surface area contributed by atoms with Gasteiger partial charge in [-0.15, -0.1) is 0 Å². The molecule has 0 bridgehead atoms. The molecule has 2 amide bonds. The fourth-order valence-electron chi connectivity index (χ4n) is 1.09. The first-order valence-corrected chi connectivity index (χ1v) is 4.83. The molecule has 0 unspecified atom stereocenters. The van der Waals surface area contributed by atoms with E-state index in [-0.39, 0.29) is 19.0 Å². The zero-order chi connectivity index (χ0) is 11.8. The molecule has 86 valence electrons. The molecule has 6 nitrogen and oxygen atoms in total. The highest BCUT2D eigenvalue weighted by Gasteiger charge is 2.10. The van der Waals surface area contributed by atoms with E-state index >= 15 is 0 Å². The molecule has 0 spiro atoms. The van der Waals surface area contributed by atoms with Gasteiger partial charge >= 0.3 is 0 Å². The average molecular weight is 223 g/mol. The normalized spacial score (nSPS) is 13.4. The number of dihydropyridines is 1. The predicted molar refractivity (Wildman–Crippen MR) is 57.3 cm³/mol. The summed E-state index contributed by atoms with van der Waals surface area (Å²) in [6, 6.07) is 0. The van der Waals surface area contributed by atoms with E-state index in [1.807, 2.05) is 6.08 Å². The van der Waals surface area contributed by atoms with E-state index in [0.717, 1.165) is 0 Å². The average Bonchev–Trinajstić information content (AvgIpc) is 2.34. The molecule has 0 saturated carbocycles. The molecule has 1 aliphatic rings. The monoisotopic (exact) mass is 223 g/mol. The van der Waals surface area contributed by atoms with Gasteiger partial charge < -0.3 is 20.7 Å². The molecule has 3 N–H and O–H groups in total. The third kappa shape index (κ3) is 3.95. The number of aldehydes is 1. The molecule has 1 rings (SSSR count). The van der Waals surface area contributed by atoms with Crippen LogP contribution in [0.2, 0.25) is 0 Å². The highest BCUT2D eigenvalue weighted by atomic mass is 16.2. The molecular formula is C10H13N3O3. The Morgan fingerprint density at radius 1 is 1.44 bits per heavy atom. The second-order valence-electron chi connectivity index (χ2n) is 3.04. The summed E-state index contributed by atoms with van der Waals surface area (Å²) in [6.07, 6.45) is 5.84. The van der Waals surface area contributed by atoms with Crippen LogP contribution in [0.1, 0.15) is 0 Å². The largest absolute Gasteiger partial charge is 0.377 e. The minimum Gasteiger partial charge on any atom is -0.377 e. The summed E-state index contributed by atoms with van der Waals surface area (Å²) in [5.41, 5.74) is 0.422. The maximum atomic E-state index is 11.5. The summed E-state index contributed by atoms with van der Waals surface area (Å²) < 4.78 is 0. The van der Waals surface area contributed by atoms with Gasteiger partial charge in [0.05, 0.1) is 13.1 Å². The van der Waals surface area contributed by atoms with Crippen LogP contribution in [0, 0.1) is 0 Å². The minimum atomic E-state index is -0.396. The molecule has 6 heteroatoms. The maximum absolute atomic E-state index is 11.5. The molecule has 0 atom stereocenters. The van der Waals surface area contributed by atoms with Crippen molar-refractivity contribution in [3.8, 4) is 0 Å². The van der Waals surface area contributed by atoms with Crippen LogP contribution in [0.5, 0.6) is 0 Å². The van der Waals surface area contributed by atoms with Crippen molar-refractivity contribution in [1.82, 2.24) is 16.0 Å². The van der Waals surface area contributed by atoms with E-state index in [1.54, 1.807) is 12.2 Å². The Bertz CT molecular complexity index is 347. The SMILES string of the molecule is O=CCNC(=O)CNC(=O)C1=CC=CCN1. The van der Waals surface area contributed by atoms with Gasteiger partial charge in [0.25, 0.3) is 5.91 Å². The van der Waals surface area contributed by atoms with Crippen LogP contribution in [0.15, 0.2) is 23.9 Å². The smallest absolute Gasteiger partial charge is 0.267 e. The highest BCUT2D eigenvalue weighted by Crippen LogP contribution is 1.95. The van der Waals surface area contributed by atoms with Gasteiger partial charge in [-0.1, -0.05) is 12.2 Å². The van der Waals surface area contributed by atoms with Gasteiger partial charge in [0, 0.05) is 6.54 Å². The molecule has 1 heterocycles. The van der Waals surface area contributed by atoms with Crippen molar-refractivity contribution >= 4 is 18.1 Å². The van der Waals surface area contributed by atoms with Crippen molar-refractivity contribution in [2.45, 2.75) is 0 Å². The lowest BCUT2D eigenvalue weighted by atomic mass is 10.3. The number of carbonyl (C=O) groups is 3. The van der Waals surface area contributed by atoms with Crippen LogP contribution < -0.4 is 16.0 Å². The molecule has 0 saturated heterocycles. The van der Waals surface area contributed by atoms with Crippen LogP contribution in [0.3, 0.4) is 0 Å².